The normalized spacial score (nSPS) is 12.1. The third-order valence-electron chi connectivity index (χ3n) is 4.90. The zero-order chi connectivity index (χ0) is 21.6. The molecule has 7 nitrogen and oxygen atoms in total. The van der Waals surface area contributed by atoms with E-state index in [-0.39, 0.29) is 5.69 Å². The second kappa shape index (κ2) is 6.98. The van der Waals surface area contributed by atoms with Gasteiger partial charge in [-0.2, -0.15) is 13.2 Å². The van der Waals surface area contributed by atoms with Gasteiger partial charge in [-0.25, -0.2) is 14.6 Å². The molecule has 0 unspecified atom stereocenters. The first-order valence-electron chi connectivity index (χ1n) is 9.14. The van der Waals surface area contributed by atoms with Crippen molar-refractivity contribution in [2.45, 2.75) is 12.6 Å². The highest BCUT2D eigenvalue weighted by Crippen LogP contribution is 2.31. The van der Waals surface area contributed by atoms with Crippen molar-refractivity contribution in [1.82, 2.24) is 29.5 Å². The van der Waals surface area contributed by atoms with Crippen LogP contribution >= 0.6 is 0 Å². The van der Waals surface area contributed by atoms with E-state index in [1.165, 1.54) is 6.07 Å². The molecule has 1 aromatic carbocycles. The SMILES string of the molecule is COc1ccc2c(c1)-n1nncc1Cc1c(C#Cc3ccc(C(F)(F)F)cn3)ncn1-2. The zero-order valence-electron chi connectivity index (χ0n) is 16.1. The Hall–Kier alpha value is -4.13. The number of pyridine rings is 1. The van der Waals surface area contributed by atoms with Crippen molar-refractivity contribution in [2.75, 3.05) is 7.11 Å². The fourth-order valence-corrected chi connectivity index (χ4v) is 3.37. The topological polar surface area (TPSA) is 70.7 Å². The second-order valence-corrected chi connectivity index (χ2v) is 6.76. The lowest BCUT2D eigenvalue weighted by molar-refractivity contribution is -0.137. The second-order valence-electron chi connectivity index (χ2n) is 6.76. The Balaban J connectivity index is 1.57. The molecule has 0 aliphatic carbocycles. The molecule has 5 rings (SSSR count). The van der Waals surface area contributed by atoms with E-state index in [0.717, 1.165) is 35.0 Å². The van der Waals surface area contributed by atoms with Crippen LogP contribution in [0.15, 0.2) is 49.1 Å². The highest BCUT2D eigenvalue weighted by Gasteiger charge is 2.30. The van der Waals surface area contributed by atoms with E-state index in [9.17, 15) is 13.2 Å². The largest absolute Gasteiger partial charge is 0.497 e. The molecular weight excluding hydrogens is 409 g/mol. The molecule has 0 N–H and O–H groups in total. The average Bonchev–Trinajstić information content (AvgIpc) is 3.36. The van der Waals surface area contributed by atoms with E-state index in [4.69, 9.17) is 4.74 Å². The molecule has 0 atom stereocenters. The lowest BCUT2D eigenvalue weighted by atomic mass is 10.2. The Labute approximate surface area is 174 Å². The molecule has 1 aliphatic heterocycles. The van der Waals surface area contributed by atoms with Gasteiger partial charge in [0.2, 0.25) is 0 Å². The third kappa shape index (κ3) is 3.30. The number of nitrogens with zero attached hydrogens (tertiary/aromatic N) is 6. The highest BCUT2D eigenvalue weighted by atomic mass is 19.4. The third-order valence-corrected chi connectivity index (χ3v) is 4.90. The van der Waals surface area contributed by atoms with Gasteiger partial charge in [-0.15, -0.1) is 5.10 Å². The first-order valence-corrected chi connectivity index (χ1v) is 9.14. The van der Waals surface area contributed by atoms with Crippen molar-refractivity contribution in [1.29, 1.82) is 0 Å². The number of benzene rings is 1. The van der Waals surface area contributed by atoms with Crippen LogP contribution in [0.4, 0.5) is 13.2 Å². The number of rotatable bonds is 1. The highest BCUT2D eigenvalue weighted by molar-refractivity contribution is 5.59. The molecule has 10 heteroatoms. The lowest BCUT2D eigenvalue weighted by Crippen LogP contribution is -2.05. The van der Waals surface area contributed by atoms with Gasteiger partial charge < -0.3 is 4.74 Å². The number of aromatic nitrogens is 6. The van der Waals surface area contributed by atoms with E-state index >= 15 is 0 Å². The molecule has 0 saturated heterocycles. The van der Waals surface area contributed by atoms with Gasteiger partial charge in [0.05, 0.1) is 41.6 Å². The molecule has 154 valence electrons. The summed E-state index contributed by atoms with van der Waals surface area (Å²) >= 11 is 0. The number of halogens is 3. The van der Waals surface area contributed by atoms with Crippen LogP contribution in [-0.4, -0.2) is 36.6 Å². The van der Waals surface area contributed by atoms with Gasteiger partial charge in [-0.3, -0.25) is 4.57 Å². The quantitative estimate of drug-likeness (QED) is 0.388. The number of imidazole rings is 1. The Kier molecular flexibility index (Phi) is 4.25. The van der Waals surface area contributed by atoms with E-state index in [1.54, 1.807) is 24.3 Å². The summed E-state index contributed by atoms with van der Waals surface area (Å²) in [5.41, 5.74) is 3.16. The van der Waals surface area contributed by atoms with Crippen LogP contribution in [0.2, 0.25) is 0 Å². The molecule has 0 fully saturated rings. The van der Waals surface area contributed by atoms with Crippen LogP contribution in [0.25, 0.3) is 11.4 Å². The van der Waals surface area contributed by atoms with Crippen LogP contribution in [0, 0.1) is 11.8 Å². The first kappa shape index (κ1) is 18.9. The maximum absolute atomic E-state index is 12.7. The first-order chi connectivity index (χ1) is 14.9. The molecule has 1 aliphatic rings. The van der Waals surface area contributed by atoms with Crippen molar-refractivity contribution in [2.24, 2.45) is 0 Å². The molecule has 3 aromatic heterocycles. The summed E-state index contributed by atoms with van der Waals surface area (Å²) in [5.74, 6) is 6.40. The number of fused-ring (bicyclic) bond motifs is 5. The van der Waals surface area contributed by atoms with E-state index in [2.05, 4.69) is 32.1 Å². The van der Waals surface area contributed by atoms with E-state index in [0.29, 0.717) is 17.9 Å². The predicted molar refractivity (Wildman–Crippen MR) is 103 cm³/mol. The number of ether oxygens (including phenoxy) is 1. The summed E-state index contributed by atoms with van der Waals surface area (Å²) in [6, 6.07) is 7.79. The van der Waals surface area contributed by atoms with Crippen LogP contribution in [0.5, 0.6) is 5.75 Å². The van der Waals surface area contributed by atoms with Crippen molar-refractivity contribution in [3.05, 3.63) is 77.4 Å². The fourth-order valence-electron chi connectivity index (χ4n) is 3.37. The minimum atomic E-state index is -4.44. The van der Waals surface area contributed by atoms with E-state index < -0.39 is 11.7 Å². The van der Waals surface area contributed by atoms with Crippen molar-refractivity contribution < 1.29 is 17.9 Å². The van der Waals surface area contributed by atoms with Gasteiger partial charge >= 0.3 is 6.18 Å². The van der Waals surface area contributed by atoms with Crippen LogP contribution in [-0.2, 0) is 12.6 Å². The summed E-state index contributed by atoms with van der Waals surface area (Å²) in [7, 11) is 1.59. The Morgan fingerprint density at radius 2 is 1.90 bits per heavy atom. The van der Waals surface area contributed by atoms with Crippen LogP contribution < -0.4 is 4.74 Å². The van der Waals surface area contributed by atoms with Crippen LogP contribution in [0.3, 0.4) is 0 Å². The summed E-state index contributed by atoms with van der Waals surface area (Å²) in [6.45, 7) is 0. The van der Waals surface area contributed by atoms with Gasteiger partial charge in [-0.05, 0) is 36.1 Å². The molecule has 0 amide bonds. The number of hydrogen-bond donors (Lipinski definition) is 0. The van der Waals surface area contributed by atoms with Crippen molar-refractivity contribution in [3.63, 3.8) is 0 Å². The summed E-state index contributed by atoms with van der Waals surface area (Å²) in [4.78, 5) is 8.20. The van der Waals surface area contributed by atoms with Gasteiger partial charge in [0.15, 0.2) is 0 Å². The summed E-state index contributed by atoms with van der Waals surface area (Å²) in [6.07, 6.45) is 0.123. The molecular formula is C21H13F3N6O. The predicted octanol–water partition coefficient (Wildman–Crippen LogP) is 3.18. The van der Waals surface area contributed by atoms with Gasteiger partial charge in [0.25, 0.3) is 0 Å². The van der Waals surface area contributed by atoms with Gasteiger partial charge in [-0.1, -0.05) is 5.21 Å². The fraction of sp³-hybridized carbons (Fsp3) is 0.143. The molecule has 4 heterocycles. The van der Waals surface area contributed by atoms with Gasteiger partial charge in [0.1, 0.15) is 23.5 Å². The molecule has 4 aromatic rings. The maximum atomic E-state index is 12.7. The summed E-state index contributed by atoms with van der Waals surface area (Å²) in [5, 5.41) is 8.20. The van der Waals surface area contributed by atoms with Crippen molar-refractivity contribution in [3.8, 4) is 29.0 Å². The van der Waals surface area contributed by atoms with E-state index in [1.807, 2.05) is 22.8 Å². The Morgan fingerprint density at radius 1 is 1.03 bits per heavy atom. The molecule has 0 spiro atoms. The zero-order valence-corrected chi connectivity index (χ0v) is 16.1. The molecule has 31 heavy (non-hydrogen) atoms. The number of alkyl halides is 3. The lowest BCUT2D eigenvalue weighted by Gasteiger charge is -2.11. The standard InChI is InChI=1S/C21H13F3N6O/c1-31-16-5-7-18-20(9-16)30-15(11-27-28-30)8-19-17(26-12-29(18)19)6-4-14-3-2-13(10-25-14)21(22,23)24/h2-3,5,7,9-12H,8H2,1H3. The maximum Gasteiger partial charge on any atom is 0.417 e. The molecule has 0 bridgehead atoms. The average molecular weight is 422 g/mol. The number of hydrogen-bond acceptors (Lipinski definition) is 5. The monoisotopic (exact) mass is 422 g/mol. The van der Waals surface area contributed by atoms with Crippen molar-refractivity contribution >= 4 is 0 Å². The molecule has 0 saturated carbocycles. The minimum Gasteiger partial charge on any atom is -0.497 e. The smallest absolute Gasteiger partial charge is 0.417 e. The minimum absolute atomic E-state index is 0.222. The number of methoxy groups -OCH3 is 1. The summed E-state index contributed by atoms with van der Waals surface area (Å²) < 4.78 is 47.1. The Morgan fingerprint density at radius 3 is 2.65 bits per heavy atom. The van der Waals surface area contributed by atoms with Gasteiger partial charge in [0, 0.05) is 18.7 Å². The van der Waals surface area contributed by atoms with Crippen LogP contribution in [0.1, 0.15) is 28.3 Å². The molecule has 0 radical (unpaired) electrons. The Bertz CT molecular complexity index is 1340.